The molecule has 0 aliphatic heterocycles. The maximum atomic E-state index is 2.36. The summed E-state index contributed by atoms with van der Waals surface area (Å²) in [5.41, 5.74) is 0. The van der Waals surface area contributed by atoms with Gasteiger partial charge in [-0.3, -0.25) is 0 Å². The van der Waals surface area contributed by atoms with Crippen LogP contribution in [0.15, 0.2) is 60.7 Å². The second-order valence-electron chi connectivity index (χ2n) is 5.73. The molecule has 0 nitrogen and oxygen atoms in total. The number of hydrogen-bond donors (Lipinski definition) is 0. The molecule has 0 amide bonds. The first-order valence-electron chi connectivity index (χ1n) is 8.38. The van der Waals surface area contributed by atoms with Crippen LogP contribution in [0.3, 0.4) is 0 Å². The topological polar surface area (TPSA) is 0 Å². The Hall–Kier alpha value is -0.761. The van der Waals surface area contributed by atoms with Crippen molar-refractivity contribution in [1.82, 2.24) is 0 Å². The molecular formula is C20H27Sn+. The molecule has 0 aromatic heterocycles. The Morgan fingerprint density at radius 2 is 1.10 bits per heavy atom. The van der Waals surface area contributed by atoms with Crippen LogP contribution in [0.1, 0.15) is 45.4 Å². The van der Waals surface area contributed by atoms with E-state index in [2.05, 4.69) is 67.6 Å². The fourth-order valence-corrected chi connectivity index (χ4v) is 10.5. The van der Waals surface area contributed by atoms with Crippen LogP contribution in [-0.4, -0.2) is 19.8 Å². The molecule has 0 unspecified atom stereocenters. The van der Waals surface area contributed by atoms with Crippen LogP contribution in [0.2, 0.25) is 4.44 Å². The second-order valence-corrected chi connectivity index (χ2v) is 13.2. The van der Waals surface area contributed by atoms with Crippen molar-refractivity contribution in [2.24, 2.45) is 0 Å². The van der Waals surface area contributed by atoms with E-state index in [0.717, 1.165) is 0 Å². The Kier molecular flexibility index (Phi) is 7.94. The van der Waals surface area contributed by atoms with Crippen molar-refractivity contribution < 1.29 is 0 Å². The molecule has 0 aliphatic rings. The molecule has 0 atom stereocenters. The quantitative estimate of drug-likeness (QED) is 0.435. The van der Waals surface area contributed by atoms with E-state index in [1.165, 1.54) is 43.0 Å². The summed E-state index contributed by atoms with van der Waals surface area (Å²) in [6, 6.07) is 22.6. The molecule has 0 saturated carbocycles. The Morgan fingerprint density at radius 1 is 0.619 bits per heavy atom. The van der Waals surface area contributed by atoms with Gasteiger partial charge in [-0.25, -0.2) is 0 Å². The third kappa shape index (κ3) is 5.86. The van der Waals surface area contributed by atoms with Gasteiger partial charge in [0.2, 0.25) is 0 Å². The minimum absolute atomic E-state index is 1.34. The maximum absolute atomic E-state index is 2.36. The number of unbranched alkanes of at least 4 members (excludes halogenated alkanes) is 5. The molecule has 0 fully saturated rings. The van der Waals surface area contributed by atoms with Crippen LogP contribution in [-0.2, 0) is 0 Å². The zero-order valence-electron chi connectivity index (χ0n) is 13.2. The molecule has 110 valence electrons. The molecule has 2 aromatic carbocycles. The van der Waals surface area contributed by atoms with Crippen molar-refractivity contribution >= 4 is 26.9 Å². The van der Waals surface area contributed by atoms with Gasteiger partial charge in [0.05, 0.1) is 0 Å². The van der Waals surface area contributed by atoms with Gasteiger partial charge in [0.1, 0.15) is 0 Å². The third-order valence-electron chi connectivity index (χ3n) is 4.02. The van der Waals surface area contributed by atoms with Gasteiger partial charge in [0.25, 0.3) is 0 Å². The molecule has 0 radical (unpaired) electrons. The van der Waals surface area contributed by atoms with Gasteiger partial charge in [-0.2, -0.15) is 0 Å². The molecule has 0 spiro atoms. The summed E-state index contributed by atoms with van der Waals surface area (Å²) >= 11 is -1.66. The molecule has 21 heavy (non-hydrogen) atoms. The molecule has 0 heterocycles. The number of benzene rings is 2. The van der Waals surface area contributed by atoms with Gasteiger partial charge in [-0.15, -0.1) is 0 Å². The Balaban J connectivity index is 1.94. The second kappa shape index (κ2) is 10.0. The molecule has 0 aliphatic carbocycles. The Bertz CT molecular complexity index is 438. The van der Waals surface area contributed by atoms with Crippen LogP contribution < -0.4 is 7.16 Å². The van der Waals surface area contributed by atoms with E-state index < -0.39 is 19.8 Å². The number of hydrogen-bond acceptors (Lipinski definition) is 0. The van der Waals surface area contributed by atoms with E-state index in [9.17, 15) is 0 Å². The number of rotatable bonds is 9. The van der Waals surface area contributed by atoms with Gasteiger partial charge in [-0.1, -0.05) is 0 Å². The average molecular weight is 386 g/mol. The van der Waals surface area contributed by atoms with Crippen molar-refractivity contribution in [2.45, 2.75) is 49.9 Å². The van der Waals surface area contributed by atoms with Gasteiger partial charge in [0, 0.05) is 0 Å². The summed E-state index contributed by atoms with van der Waals surface area (Å²) in [4.78, 5) is 0. The summed E-state index contributed by atoms with van der Waals surface area (Å²) < 4.78 is 4.77. The zero-order chi connectivity index (χ0) is 14.8. The third-order valence-corrected chi connectivity index (χ3v) is 12.3. The average Bonchev–Trinajstić information content (AvgIpc) is 2.56. The van der Waals surface area contributed by atoms with Crippen molar-refractivity contribution in [2.75, 3.05) is 0 Å². The van der Waals surface area contributed by atoms with E-state index in [0.29, 0.717) is 0 Å². The predicted octanol–water partition coefficient (Wildman–Crippen LogP) is 4.66. The van der Waals surface area contributed by atoms with Crippen molar-refractivity contribution in [3.05, 3.63) is 60.7 Å². The fourth-order valence-electron chi connectivity index (χ4n) is 2.82. The predicted molar refractivity (Wildman–Crippen MR) is 96.1 cm³/mol. The molecular weight excluding hydrogens is 359 g/mol. The normalized spacial score (nSPS) is 10.5. The Labute approximate surface area is 137 Å². The van der Waals surface area contributed by atoms with Crippen molar-refractivity contribution in [1.29, 1.82) is 0 Å². The molecule has 0 bridgehead atoms. The van der Waals surface area contributed by atoms with Crippen LogP contribution >= 0.6 is 0 Å². The molecule has 0 N–H and O–H groups in total. The van der Waals surface area contributed by atoms with Crippen LogP contribution in [0, 0.1) is 0 Å². The van der Waals surface area contributed by atoms with Crippen LogP contribution in [0.25, 0.3) is 0 Å². The van der Waals surface area contributed by atoms with E-state index >= 15 is 0 Å². The summed E-state index contributed by atoms with van der Waals surface area (Å²) in [7, 11) is 0. The molecule has 1 heteroatoms. The monoisotopic (exact) mass is 387 g/mol. The fraction of sp³-hybridized carbons (Fsp3) is 0.400. The van der Waals surface area contributed by atoms with Crippen LogP contribution in [0.4, 0.5) is 0 Å². The van der Waals surface area contributed by atoms with E-state index in [1.54, 1.807) is 7.16 Å². The molecule has 2 rings (SSSR count). The van der Waals surface area contributed by atoms with Gasteiger partial charge >= 0.3 is 137 Å². The first kappa shape index (κ1) is 16.6. The van der Waals surface area contributed by atoms with Gasteiger partial charge in [-0.05, 0) is 0 Å². The Morgan fingerprint density at radius 3 is 1.62 bits per heavy atom. The zero-order valence-corrected chi connectivity index (χ0v) is 16.1. The summed E-state index contributed by atoms with van der Waals surface area (Å²) in [5.74, 6) is 0. The standard InChI is InChI=1S/C8H17.2C6H5.Sn/c1-3-5-7-8-6-4-2;2*1-2-4-6-5-3-1;/h1,3-8H2,2H3;2*1-5H;/q;;;+1. The SMILES string of the molecule is CCCCCCC[CH2][Sn+]([c]1ccccc1)[c]1ccccc1. The first-order valence-corrected chi connectivity index (χ1v) is 13.3. The van der Waals surface area contributed by atoms with Crippen LogP contribution in [0.5, 0.6) is 0 Å². The summed E-state index contributed by atoms with van der Waals surface area (Å²) in [6.07, 6.45) is 8.43. The van der Waals surface area contributed by atoms with E-state index in [-0.39, 0.29) is 0 Å². The van der Waals surface area contributed by atoms with Gasteiger partial charge < -0.3 is 0 Å². The first-order chi connectivity index (χ1) is 10.4. The van der Waals surface area contributed by atoms with E-state index in [1.807, 2.05) is 0 Å². The molecule has 0 saturated heterocycles. The molecule has 2 aromatic rings. The van der Waals surface area contributed by atoms with Crippen molar-refractivity contribution in [3.8, 4) is 0 Å². The van der Waals surface area contributed by atoms with Gasteiger partial charge in [0.15, 0.2) is 0 Å². The van der Waals surface area contributed by atoms with E-state index in [4.69, 9.17) is 0 Å². The summed E-state index contributed by atoms with van der Waals surface area (Å²) in [5, 5.41) is 0. The summed E-state index contributed by atoms with van der Waals surface area (Å²) in [6.45, 7) is 2.29. The van der Waals surface area contributed by atoms with Crippen molar-refractivity contribution in [3.63, 3.8) is 0 Å². The minimum atomic E-state index is -1.66.